The summed E-state index contributed by atoms with van der Waals surface area (Å²) in [5.41, 5.74) is 4.31. The Balaban J connectivity index is 1.59. The van der Waals surface area contributed by atoms with Crippen LogP contribution < -0.4 is 5.32 Å². The topological polar surface area (TPSA) is 97.0 Å². The van der Waals surface area contributed by atoms with Crippen molar-refractivity contribution in [2.24, 2.45) is 5.92 Å². The summed E-state index contributed by atoms with van der Waals surface area (Å²) in [6.45, 7) is 5.91. The summed E-state index contributed by atoms with van der Waals surface area (Å²) in [6, 6.07) is 10.6. The maximum absolute atomic E-state index is 12.4. The van der Waals surface area contributed by atoms with Crippen LogP contribution in [0.15, 0.2) is 48.8 Å². The average molecular weight is 392 g/mol. The first-order chi connectivity index (χ1) is 13.9. The van der Waals surface area contributed by atoms with E-state index >= 15 is 0 Å². The highest BCUT2D eigenvalue weighted by molar-refractivity contribution is 5.94. The number of nitrogens with one attached hydrogen (secondary N) is 2. The van der Waals surface area contributed by atoms with E-state index in [1.807, 2.05) is 39.0 Å². The van der Waals surface area contributed by atoms with Crippen LogP contribution >= 0.6 is 0 Å². The molecular weight excluding hydrogens is 368 g/mol. The molecule has 2 aromatic heterocycles. The number of aromatic nitrogens is 3. The number of esters is 1. The second-order valence-corrected chi connectivity index (χ2v) is 7.27. The zero-order valence-electron chi connectivity index (χ0n) is 16.7. The van der Waals surface area contributed by atoms with Crippen LogP contribution in [0.3, 0.4) is 0 Å². The summed E-state index contributed by atoms with van der Waals surface area (Å²) in [5, 5.41) is 9.98. The van der Waals surface area contributed by atoms with Crippen LogP contribution in [0.25, 0.3) is 11.3 Å². The molecule has 7 nitrogen and oxygen atoms in total. The van der Waals surface area contributed by atoms with Crippen molar-refractivity contribution < 1.29 is 14.3 Å². The van der Waals surface area contributed by atoms with Crippen LogP contribution in [0.2, 0.25) is 0 Å². The maximum atomic E-state index is 12.4. The second-order valence-electron chi connectivity index (χ2n) is 7.27. The van der Waals surface area contributed by atoms with Crippen LogP contribution in [0, 0.1) is 12.8 Å². The fourth-order valence-electron chi connectivity index (χ4n) is 2.84. The lowest BCUT2D eigenvalue weighted by Crippen LogP contribution is -2.15. The highest BCUT2D eigenvalue weighted by Crippen LogP contribution is 2.19. The number of amides is 1. The third-order valence-corrected chi connectivity index (χ3v) is 4.30. The van der Waals surface area contributed by atoms with Gasteiger partial charge in [0.05, 0.1) is 17.0 Å². The zero-order chi connectivity index (χ0) is 20.8. The number of benzene rings is 1. The molecular formula is C22H24N4O3. The molecule has 29 heavy (non-hydrogen) atoms. The molecule has 0 bridgehead atoms. The molecule has 3 aromatic rings. The molecule has 0 saturated carbocycles. The van der Waals surface area contributed by atoms with E-state index < -0.39 is 5.97 Å². The fourth-order valence-corrected chi connectivity index (χ4v) is 2.84. The van der Waals surface area contributed by atoms with Crippen molar-refractivity contribution in [1.29, 1.82) is 0 Å². The largest absolute Gasteiger partial charge is 0.456 e. The molecule has 1 aromatic carbocycles. The van der Waals surface area contributed by atoms with Gasteiger partial charge >= 0.3 is 5.97 Å². The summed E-state index contributed by atoms with van der Waals surface area (Å²) in [4.78, 5) is 28.3. The molecule has 0 spiro atoms. The zero-order valence-corrected chi connectivity index (χ0v) is 16.7. The summed E-state index contributed by atoms with van der Waals surface area (Å²) >= 11 is 0. The van der Waals surface area contributed by atoms with Crippen LogP contribution in [0.1, 0.15) is 41.9 Å². The molecule has 2 N–H and O–H groups in total. The standard InChI is InChI=1S/C22H24N4O3/c1-14(2)10-21(27)24-19-5-4-17(11-15(19)3)22(28)29-13-18-12-20(26-25-18)16-6-8-23-9-7-16/h4-9,11-12,14H,10,13H2,1-3H3,(H,24,27)(H,25,26). The Labute approximate surface area is 169 Å². The van der Waals surface area contributed by atoms with E-state index in [2.05, 4.69) is 20.5 Å². The minimum Gasteiger partial charge on any atom is -0.456 e. The molecule has 7 heteroatoms. The Morgan fingerprint density at radius 1 is 1.14 bits per heavy atom. The van der Waals surface area contributed by atoms with E-state index in [4.69, 9.17) is 4.74 Å². The monoisotopic (exact) mass is 392 g/mol. The lowest BCUT2D eigenvalue weighted by molar-refractivity contribution is -0.116. The van der Waals surface area contributed by atoms with E-state index in [9.17, 15) is 9.59 Å². The first kappa shape index (κ1) is 20.3. The van der Waals surface area contributed by atoms with Gasteiger partial charge in [0, 0.05) is 30.1 Å². The number of anilines is 1. The Kier molecular flexibility index (Phi) is 6.39. The fraction of sp³-hybridized carbons (Fsp3) is 0.273. The van der Waals surface area contributed by atoms with Crippen molar-refractivity contribution in [1.82, 2.24) is 15.2 Å². The molecule has 0 aliphatic heterocycles. The van der Waals surface area contributed by atoms with Gasteiger partial charge < -0.3 is 10.1 Å². The van der Waals surface area contributed by atoms with Gasteiger partial charge in [-0.25, -0.2) is 4.79 Å². The molecule has 150 valence electrons. The second kappa shape index (κ2) is 9.14. The molecule has 0 unspecified atom stereocenters. The smallest absolute Gasteiger partial charge is 0.338 e. The molecule has 3 rings (SSSR count). The summed E-state index contributed by atoms with van der Waals surface area (Å²) in [7, 11) is 0. The van der Waals surface area contributed by atoms with E-state index in [0.717, 1.165) is 16.8 Å². The van der Waals surface area contributed by atoms with Gasteiger partial charge in [0.25, 0.3) is 0 Å². The molecule has 0 radical (unpaired) electrons. The van der Waals surface area contributed by atoms with Gasteiger partial charge in [-0.3, -0.25) is 14.9 Å². The molecule has 0 saturated heterocycles. The van der Waals surface area contributed by atoms with Gasteiger partial charge in [0.1, 0.15) is 6.61 Å². The number of carbonyl (C=O) groups is 2. The number of nitrogens with zero attached hydrogens (tertiary/aromatic N) is 2. The molecule has 0 fully saturated rings. The SMILES string of the molecule is Cc1cc(C(=O)OCc2cc(-c3ccncc3)n[nH]2)ccc1NC(=O)CC(C)C. The van der Waals surface area contributed by atoms with E-state index in [-0.39, 0.29) is 18.4 Å². The number of pyridine rings is 1. The van der Waals surface area contributed by atoms with Crippen LogP contribution in [-0.4, -0.2) is 27.1 Å². The minimum atomic E-state index is -0.437. The predicted octanol–water partition coefficient (Wildman–Crippen LogP) is 4.12. The number of carbonyl (C=O) groups excluding carboxylic acids is 2. The Morgan fingerprint density at radius 2 is 1.90 bits per heavy atom. The third-order valence-electron chi connectivity index (χ3n) is 4.30. The number of aryl methyl sites for hydroxylation is 1. The quantitative estimate of drug-likeness (QED) is 0.590. The van der Waals surface area contributed by atoms with Crippen LogP contribution in [0.5, 0.6) is 0 Å². The Morgan fingerprint density at radius 3 is 2.59 bits per heavy atom. The minimum absolute atomic E-state index is 0.0392. The van der Waals surface area contributed by atoms with Crippen LogP contribution in [-0.2, 0) is 16.1 Å². The van der Waals surface area contributed by atoms with Crippen molar-refractivity contribution in [2.75, 3.05) is 5.32 Å². The Bertz CT molecular complexity index is 996. The van der Waals surface area contributed by atoms with E-state index in [1.165, 1.54) is 0 Å². The maximum Gasteiger partial charge on any atom is 0.338 e. The lowest BCUT2D eigenvalue weighted by Gasteiger charge is -2.11. The number of hydrogen-bond donors (Lipinski definition) is 2. The summed E-state index contributed by atoms with van der Waals surface area (Å²) in [5.74, 6) is -0.193. The highest BCUT2D eigenvalue weighted by atomic mass is 16.5. The van der Waals surface area contributed by atoms with E-state index in [0.29, 0.717) is 23.4 Å². The highest BCUT2D eigenvalue weighted by Gasteiger charge is 2.13. The number of H-pyrrole nitrogens is 1. The first-order valence-corrected chi connectivity index (χ1v) is 9.44. The summed E-state index contributed by atoms with van der Waals surface area (Å²) < 4.78 is 5.38. The van der Waals surface area contributed by atoms with Crippen molar-refractivity contribution in [3.8, 4) is 11.3 Å². The third kappa shape index (κ3) is 5.51. The Hall–Kier alpha value is -3.48. The van der Waals surface area contributed by atoms with Crippen molar-refractivity contribution >= 4 is 17.6 Å². The lowest BCUT2D eigenvalue weighted by atomic mass is 10.1. The van der Waals surface area contributed by atoms with E-state index in [1.54, 1.807) is 30.6 Å². The van der Waals surface area contributed by atoms with Crippen molar-refractivity contribution in [3.05, 3.63) is 65.6 Å². The van der Waals surface area contributed by atoms with Gasteiger partial charge in [-0.05, 0) is 54.8 Å². The molecule has 0 aliphatic rings. The number of rotatable bonds is 7. The number of ether oxygens (including phenoxy) is 1. The summed E-state index contributed by atoms with van der Waals surface area (Å²) in [6.07, 6.45) is 3.84. The molecule has 0 atom stereocenters. The van der Waals surface area contributed by atoms with Gasteiger partial charge in [0.2, 0.25) is 5.91 Å². The number of aromatic amines is 1. The molecule has 0 aliphatic carbocycles. The first-order valence-electron chi connectivity index (χ1n) is 9.44. The molecule has 1 amide bonds. The molecule has 2 heterocycles. The van der Waals surface area contributed by atoms with Crippen molar-refractivity contribution in [3.63, 3.8) is 0 Å². The predicted molar refractivity (Wildman–Crippen MR) is 110 cm³/mol. The van der Waals surface area contributed by atoms with Gasteiger partial charge in [-0.1, -0.05) is 13.8 Å². The normalized spacial score (nSPS) is 10.8. The average Bonchev–Trinajstić information content (AvgIpc) is 3.17. The van der Waals surface area contributed by atoms with Gasteiger partial charge in [-0.15, -0.1) is 0 Å². The van der Waals surface area contributed by atoms with Crippen LogP contribution in [0.4, 0.5) is 5.69 Å². The number of hydrogen-bond acceptors (Lipinski definition) is 5. The van der Waals surface area contributed by atoms with Gasteiger partial charge in [-0.2, -0.15) is 5.10 Å². The van der Waals surface area contributed by atoms with Gasteiger partial charge in [0.15, 0.2) is 0 Å². The van der Waals surface area contributed by atoms with Crippen molar-refractivity contribution in [2.45, 2.75) is 33.8 Å².